The van der Waals surface area contributed by atoms with E-state index in [9.17, 15) is 0 Å². The zero-order valence-electron chi connectivity index (χ0n) is 8.16. The molecule has 6 aliphatic rings. The maximum atomic E-state index is 6.20. The van der Waals surface area contributed by atoms with Crippen molar-refractivity contribution in [3.05, 3.63) is 0 Å². The second kappa shape index (κ2) is 1.35. The Hall–Kier alpha value is -0.0800. The Balaban J connectivity index is 1.67. The molecule has 6 fully saturated rings. The van der Waals surface area contributed by atoms with Crippen LogP contribution in [0.2, 0.25) is 0 Å². The van der Waals surface area contributed by atoms with Crippen molar-refractivity contribution in [3.8, 4) is 0 Å². The van der Waals surface area contributed by atoms with Crippen molar-refractivity contribution in [1.29, 1.82) is 0 Å². The van der Waals surface area contributed by atoms with Crippen LogP contribution in [0.3, 0.4) is 0 Å². The van der Waals surface area contributed by atoms with Crippen LogP contribution in [0.1, 0.15) is 32.1 Å². The smallest absolute Gasteiger partial charge is 0.130 e. The average molecular weight is 190 g/mol. The van der Waals surface area contributed by atoms with Gasteiger partial charge in [-0.3, -0.25) is 0 Å². The molecule has 74 valence electrons. The second-order valence-electron chi connectivity index (χ2n) is 6.52. The van der Waals surface area contributed by atoms with Crippen molar-refractivity contribution in [2.75, 3.05) is 0 Å². The van der Waals surface area contributed by atoms with Crippen molar-refractivity contribution >= 4 is 0 Å². The molecule has 3 spiro atoms. The summed E-state index contributed by atoms with van der Waals surface area (Å²) in [4.78, 5) is 0. The lowest BCUT2D eigenvalue weighted by Crippen LogP contribution is -2.39. The van der Waals surface area contributed by atoms with E-state index in [1.165, 1.54) is 32.1 Å². The van der Waals surface area contributed by atoms with Gasteiger partial charge in [0.15, 0.2) is 0 Å². The minimum absolute atomic E-state index is 0.275. The van der Waals surface area contributed by atoms with Gasteiger partial charge in [-0.2, -0.15) is 0 Å². The molecule has 2 aliphatic heterocycles. The summed E-state index contributed by atoms with van der Waals surface area (Å²) >= 11 is 0. The molecule has 2 heterocycles. The van der Waals surface area contributed by atoms with Crippen LogP contribution >= 0.6 is 0 Å². The van der Waals surface area contributed by atoms with Crippen LogP contribution < -0.4 is 0 Å². The molecular weight excluding hydrogens is 176 g/mol. The highest BCUT2D eigenvalue weighted by Crippen LogP contribution is 2.89. The molecule has 6 rings (SSSR count). The summed E-state index contributed by atoms with van der Waals surface area (Å²) in [6, 6.07) is 0. The van der Waals surface area contributed by atoms with Gasteiger partial charge in [0, 0.05) is 5.41 Å². The Morgan fingerprint density at radius 1 is 0.857 bits per heavy atom. The van der Waals surface area contributed by atoms with Crippen LogP contribution in [0.5, 0.6) is 0 Å². The highest BCUT2D eigenvalue weighted by Gasteiger charge is 3.01. The van der Waals surface area contributed by atoms with E-state index in [1.807, 2.05) is 0 Å². The maximum Gasteiger partial charge on any atom is 0.130 e. The van der Waals surface area contributed by atoms with E-state index in [4.69, 9.17) is 9.47 Å². The maximum absolute atomic E-state index is 6.20. The Labute approximate surface area is 82.9 Å². The minimum atomic E-state index is 0.275. The molecule has 4 aliphatic carbocycles. The van der Waals surface area contributed by atoms with E-state index < -0.39 is 0 Å². The molecule has 0 aromatic rings. The lowest BCUT2D eigenvalue weighted by molar-refractivity contribution is 0.100. The summed E-state index contributed by atoms with van der Waals surface area (Å²) in [5, 5.41) is 0. The number of ether oxygens (including phenoxy) is 2. The Kier molecular flexibility index (Phi) is 0.624. The van der Waals surface area contributed by atoms with E-state index in [0.29, 0.717) is 17.6 Å². The number of epoxide rings is 2. The molecule has 4 saturated carbocycles. The first-order valence-electron chi connectivity index (χ1n) is 6.20. The van der Waals surface area contributed by atoms with Crippen LogP contribution in [-0.4, -0.2) is 23.4 Å². The fourth-order valence-corrected chi connectivity index (χ4v) is 5.83. The third-order valence-electron chi connectivity index (χ3n) is 6.42. The molecule has 0 aromatic carbocycles. The zero-order valence-corrected chi connectivity index (χ0v) is 8.16. The van der Waals surface area contributed by atoms with Crippen molar-refractivity contribution in [3.63, 3.8) is 0 Å². The van der Waals surface area contributed by atoms with Gasteiger partial charge in [-0.25, -0.2) is 0 Å². The number of hydrogen-bond acceptors (Lipinski definition) is 2. The van der Waals surface area contributed by atoms with Crippen LogP contribution in [0.25, 0.3) is 0 Å². The molecule has 6 atom stereocenters. The summed E-state index contributed by atoms with van der Waals surface area (Å²) in [7, 11) is 0. The molecule has 0 N–H and O–H groups in total. The largest absolute Gasteiger partial charge is 0.362 e. The topological polar surface area (TPSA) is 25.1 Å². The normalized spacial score (nSPS) is 77.1. The Morgan fingerprint density at radius 2 is 1.43 bits per heavy atom. The van der Waals surface area contributed by atoms with Gasteiger partial charge in [-0.15, -0.1) is 0 Å². The SMILES string of the molecule is C1CC2CC1C13OC1C1(CC1)C1OC213. The summed E-state index contributed by atoms with van der Waals surface area (Å²) < 4.78 is 12.4. The number of hydrogen-bond donors (Lipinski definition) is 0. The van der Waals surface area contributed by atoms with Gasteiger partial charge >= 0.3 is 0 Å². The summed E-state index contributed by atoms with van der Waals surface area (Å²) in [6.07, 6.45) is 8.34. The van der Waals surface area contributed by atoms with Crippen molar-refractivity contribution < 1.29 is 9.47 Å². The van der Waals surface area contributed by atoms with Gasteiger partial charge in [0.2, 0.25) is 0 Å². The molecule has 2 heteroatoms. The minimum Gasteiger partial charge on any atom is -0.362 e. The van der Waals surface area contributed by atoms with Crippen LogP contribution in [0.4, 0.5) is 0 Å². The van der Waals surface area contributed by atoms with E-state index >= 15 is 0 Å². The van der Waals surface area contributed by atoms with E-state index in [-0.39, 0.29) is 11.2 Å². The molecule has 0 aromatic heterocycles. The third-order valence-corrected chi connectivity index (χ3v) is 6.42. The lowest BCUT2D eigenvalue weighted by Gasteiger charge is -2.24. The third kappa shape index (κ3) is 0.337. The molecule has 6 unspecified atom stereocenters. The Bertz CT molecular complexity index is 356. The van der Waals surface area contributed by atoms with E-state index in [1.54, 1.807) is 0 Å². The van der Waals surface area contributed by atoms with Gasteiger partial charge in [-0.1, -0.05) is 0 Å². The molecule has 2 nitrogen and oxygen atoms in total. The second-order valence-corrected chi connectivity index (χ2v) is 6.52. The van der Waals surface area contributed by atoms with Gasteiger partial charge < -0.3 is 9.47 Å². The standard InChI is InChI=1S/C12H14O2/c1-2-7-5-6(1)11-8(13-11)10(3-4-10)9-12(7,11)14-9/h6-9H,1-5H2. The van der Waals surface area contributed by atoms with Crippen molar-refractivity contribution in [2.24, 2.45) is 17.3 Å². The highest BCUT2D eigenvalue weighted by molar-refractivity contribution is 5.49. The monoisotopic (exact) mass is 190 g/mol. The highest BCUT2D eigenvalue weighted by atomic mass is 16.7. The Morgan fingerprint density at radius 3 is 1.93 bits per heavy atom. The van der Waals surface area contributed by atoms with Crippen LogP contribution in [0, 0.1) is 17.3 Å². The van der Waals surface area contributed by atoms with Gasteiger partial charge in [0.1, 0.15) is 11.2 Å². The summed E-state index contributed by atoms with van der Waals surface area (Å²) in [6.45, 7) is 0. The van der Waals surface area contributed by atoms with Crippen molar-refractivity contribution in [1.82, 2.24) is 0 Å². The first-order chi connectivity index (χ1) is 6.85. The predicted molar refractivity (Wildman–Crippen MR) is 47.7 cm³/mol. The van der Waals surface area contributed by atoms with Gasteiger partial charge in [-0.05, 0) is 43.9 Å². The van der Waals surface area contributed by atoms with Crippen molar-refractivity contribution in [2.45, 2.75) is 55.5 Å². The molecule has 0 radical (unpaired) electrons. The average Bonchev–Trinajstić information content (AvgIpc) is 3.03. The molecule has 0 amide bonds. The van der Waals surface area contributed by atoms with E-state index in [2.05, 4.69) is 0 Å². The van der Waals surface area contributed by atoms with Crippen LogP contribution in [0.15, 0.2) is 0 Å². The molecule has 14 heavy (non-hydrogen) atoms. The fourth-order valence-electron chi connectivity index (χ4n) is 5.83. The molecular formula is C12H14O2. The van der Waals surface area contributed by atoms with Crippen LogP contribution in [-0.2, 0) is 9.47 Å². The van der Waals surface area contributed by atoms with Gasteiger partial charge in [0.05, 0.1) is 12.2 Å². The molecule has 2 saturated heterocycles. The number of rotatable bonds is 0. The van der Waals surface area contributed by atoms with Gasteiger partial charge in [0.25, 0.3) is 0 Å². The van der Waals surface area contributed by atoms with E-state index in [0.717, 1.165) is 11.8 Å². The molecule has 2 bridgehead atoms. The quantitative estimate of drug-likeness (QED) is 0.541. The number of fused-ring (bicyclic) bond motifs is 4. The predicted octanol–water partition coefficient (Wildman–Crippen LogP) is 1.49. The fraction of sp³-hybridized carbons (Fsp3) is 1.00. The zero-order chi connectivity index (χ0) is 8.76. The summed E-state index contributed by atoms with van der Waals surface area (Å²) in [5.74, 6) is 1.75. The first kappa shape index (κ1) is 6.49. The summed E-state index contributed by atoms with van der Waals surface area (Å²) in [5.41, 5.74) is 1.09. The first-order valence-corrected chi connectivity index (χ1v) is 6.20. The lowest BCUT2D eigenvalue weighted by atomic mass is 9.79.